The molecular formula is C20H33ClIN3O2. The number of nitrogens with zero attached hydrogens (tertiary/aromatic N) is 1. The number of guanidine groups is 1. The van der Waals surface area contributed by atoms with Crippen molar-refractivity contribution in [3.63, 3.8) is 0 Å². The van der Waals surface area contributed by atoms with Crippen molar-refractivity contribution >= 4 is 41.5 Å². The topological polar surface area (TPSA) is 65.9 Å². The van der Waals surface area contributed by atoms with Crippen LogP contribution < -0.4 is 10.6 Å². The number of rotatable bonds is 10. The van der Waals surface area contributed by atoms with Gasteiger partial charge in [0.1, 0.15) is 0 Å². The zero-order chi connectivity index (χ0) is 19.0. The van der Waals surface area contributed by atoms with Crippen molar-refractivity contribution in [2.24, 2.45) is 10.9 Å². The van der Waals surface area contributed by atoms with Gasteiger partial charge in [-0.1, -0.05) is 37.6 Å². The number of hydrogen-bond donors (Lipinski definition) is 3. The lowest BCUT2D eigenvalue weighted by Crippen LogP contribution is -2.42. The van der Waals surface area contributed by atoms with E-state index in [1.807, 2.05) is 25.1 Å². The molecule has 1 unspecified atom stereocenters. The molecule has 1 aromatic carbocycles. The van der Waals surface area contributed by atoms with Gasteiger partial charge in [-0.05, 0) is 43.4 Å². The summed E-state index contributed by atoms with van der Waals surface area (Å²) in [4.78, 5) is 4.73. The summed E-state index contributed by atoms with van der Waals surface area (Å²) >= 11 is 6.14. The number of aliphatic hydroxyl groups is 1. The molecule has 1 aliphatic carbocycles. The maximum absolute atomic E-state index is 10.0. The van der Waals surface area contributed by atoms with E-state index in [-0.39, 0.29) is 29.4 Å². The van der Waals surface area contributed by atoms with E-state index in [0.717, 1.165) is 30.4 Å². The number of benzene rings is 1. The molecule has 2 rings (SSSR count). The molecule has 5 nitrogen and oxygen atoms in total. The quantitative estimate of drug-likeness (QED) is 0.256. The summed E-state index contributed by atoms with van der Waals surface area (Å²) < 4.78 is 5.48. The second kappa shape index (κ2) is 12.1. The van der Waals surface area contributed by atoms with E-state index in [1.54, 1.807) is 0 Å². The van der Waals surface area contributed by atoms with Crippen LogP contribution in [0.3, 0.4) is 0 Å². The zero-order valence-corrected chi connectivity index (χ0v) is 19.6. The second-order valence-corrected chi connectivity index (χ2v) is 7.89. The summed E-state index contributed by atoms with van der Waals surface area (Å²) in [5, 5.41) is 17.3. The Morgan fingerprint density at radius 2 is 2.04 bits per heavy atom. The second-order valence-electron chi connectivity index (χ2n) is 7.45. The molecule has 154 valence electrons. The lowest BCUT2D eigenvalue weighted by atomic mass is 9.96. The number of aliphatic hydroxyl groups excluding tert-OH is 1. The SMILES string of the molecule is CCNC(=NCC1(c2cccc(Cl)c2)CC1)NCC(O)COCC(C)C.I. The molecule has 3 N–H and O–H groups in total. The summed E-state index contributed by atoms with van der Waals surface area (Å²) in [6.07, 6.45) is 1.70. The van der Waals surface area contributed by atoms with Crippen LogP contribution in [0.4, 0.5) is 0 Å². The molecule has 0 amide bonds. The van der Waals surface area contributed by atoms with Gasteiger partial charge in [-0.15, -0.1) is 24.0 Å². The highest BCUT2D eigenvalue weighted by atomic mass is 127. The van der Waals surface area contributed by atoms with Gasteiger partial charge < -0.3 is 20.5 Å². The number of ether oxygens (including phenoxy) is 1. The van der Waals surface area contributed by atoms with Crippen molar-refractivity contribution in [2.75, 3.05) is 32.8 Å². The lowest BCUT2D eigenvalue weighted by molar-refractivity contribution is 0.0280. The molecule has 0 aromatic heterocycles. The van der Waals surface area contributed by atoms with E-state index < -0.39 is 6.10 Å². The van der Waals surface area contributed by atoms with Gasteiger partial charge in [0, 0.05) is 30.1 Å². The van der Waals surface area contributed by atoms with Crippen molar-refractivity contribution in [1.82, 2.24) is 10.6 Å². The van der Waals surface area contributed by atoms with E-state index >= 15 is 0 Å². The first-order valence-corrected chi connectivity index (χ1v) is 9.87. The minimum absolute atomic E-state index is 0. The van der Waals surface area contributed by atoms with Gasteiger partial charge in [-0.25, -0.2) is 0 Å². The fourth-order valence-electron chi connectivity index (χ4n) is 2.79. The molecule has 1 aromatic rings. The van der Waals surface area contributed by atoms with Gasteiger partial charge in [0.15, 0.2) is 5.96 Å². The molecule has 1 saturated carbocycles. The van der Waals surface area contributed by atoms with Gasteiger partial charge in [0.25, 0.3) is 0 Å². The summed E-state index contributed by atoms with van der Waals surface area (Å²) in [7, 11) is 0. The van der Waals surface area contributed by atoms with Crippen LogP contribution in [0.25, 0.3) is 0 Å². The third-order valence-corrected chi connectivity index (χ3v) is 4.68. The largest absolute Gasteiger partial charge is 0.389 e. The first-order chi connectivity index (χ1) is 12.4. The summed E-state index contributed by atoms with van der Waals surface area (Å²) in [5.74, 6) is 1.19. The van der Waals surface area contributed by atoms with Crippen molar-refractivity contribution in [3.05, 3.63) is 34.9 Å². The van der Waals surface area contributed by atoms with Gasteiger partial charge in [-0.2, -0.15) is 0 Å². The molecule has 0 radical (unpaired) electrons. The van der Waals surface area contributed by atoms with Gasteiger partial charge >= 0.3 is 0 Å². The molecule has 0 aliphatic heterocycles. The number of halogens is 2. The van der Waals surface area contributed by atoms with Crippen molar-refractivity contribution in [1.29, 1.82) is 0 Å². The normalized spacial score (nSPS) is 16.6. The average Bonchev–Trinajstić information content (AvgIpc) is 3.38. The Balaban J connectivity index is 0.00000364. The van der Waals surface area contributed by atoms with Crippen LogP contribution in [0.1, 0.15) is 39.2 Å². The molecule has 0 bridgehead atoms. The summed E-state index contributed by atoms with van der Waals surface area (Å²) in [6.45, 7) is 9.10. The van der Waals surface area contributed by atoms with Crippen LogP contribution in [-0.4, -0.2) is 50.0 Å². The monoisotopic (exact) mass is 509 g/mol. The van der Waals surface area contributed by atoms with Crippen LogP contribution in [0.15, 0.2) is 29.3 Å². The summed E-state index contributed by atoms with van der Waals surface area (Å²) in [5.41, 5.74) is 1.36. The predicted molar refractivity (Wildman–Crippen MR) is 123 cm³/mol. The van der Waals surface area contributed by atoms with E-state index in [2.05, 4.69) is 30.5 Å². The number of hydrogen-bond acceptors (Lipinski definition) is 3. The highest BCUT2D eigenvalue weighted by molar-refractivity contribution is 14.0. The molecule has 27 heavy (non-hydrogen) atoms. The average molecular weight is 510 g/mol. The van der Waals surface area contributed by atoms with E-state index in [4.69, 9.17) is 21.3 Å². The highest BCUT2D eigenvalue weighted by Gasteiger charge is 2.44. The molecular weight excluding hydrogens is 477 g/mol. The van der Waals surface area contributed by atoms with Crippen molar-refractivity contribution < 1.29 is 9.84 Å². The zero-order valence-electron chi connectivity index (χ0n) is 16.5. The van der Waals surface area contributed by atoms with E-state index in [1.165, 1.54) is 5.56 Å². The highest BCUT2D eigenvalue weighted by Crippen LogP contribution is 2.48. The molecule has 7 heteroatoms. The van der Waals surface area contributed by atoms with Gasteiger partial charge in [-0.3, -0.25) is 4.99 Å². The van der Waals surface area contributed by atoms with E-state index in [0.29, 0.717) is 32.2 Å². The number of nitrogens with one attached hydrogen (secondary N) is 2. The van der Waals surface area contributed by atoms with Crippen LogP contribution in [0.5, 0.6) is 0 Å². The Kier molecular flexibility index (Phi) is 11.0. The molecule has 0 heterocycles. The van der Waals surface area contributed by atoms with Crippen molar-refractivity contribution in [2.45, 2.75) is 45.1 Å². The first-order valence-electron chi connectivity index (χ1n) is 9.49. The van der Waals surface area contributed by atoms with Crippen LogP contribution in [0.2, 0.25) is 5.02 Å². The van der Waals surface area contributed by atoms with Gasteiger partial charge in [0.2, 0.25) is 0 Å². The molecule has 1 atom stereocenters. The minimum atomic E-state index is -0.555. The Morgan fingerprint density at radius 3 is 2.63 bits per heavy atom. The molecule has 1 aliphatic rings. The Hall–Kier alpha value is -0.570. The summed E-state index contributed by atoms with van der Waals surface area (Å²) in [6, 6.07) is 8.07. The van der Waals surface area contributed by atoms with Crippen LogP contribution in [-0.2, 0) is 10.2 Å². The molecule has 0 saturated heterocycles. The van der Waals surface area contributed by atoms with Crippen LogP contribution in [0, 0.1) is 5.92 Å². The Morgan fingerprint density at radius 1 is 1.30 bits per heavy atom. The van der Waals surface area contributed by atoms with Gasteiger partial charge in [0.05, 0.1) is 19.3 Å². The molecule has 0 spiro atoms. The minimum Gasteiger partial charge on any atom is -0.389 e. The fourth-order valence-corrected chi connectivity index (χ4v) is 2.98. The third kappa shape index (κ3) is 8.54. The predicted octanol–water partition coefficient (Wildman–Crippen LogP) is 3.58. The first kappa shape index (κ1) is 24.5. The Bertz CT molecular complexity index is 594. The van der Waals surface area contributed by atoms with E-state index in [9.17, 15) is 5.11 Å². The number of aliphatic imine (C=N–C) groups is 1. The Labute approximate surface area is 185 Å². The maximum Gasteiger partial charge on any atom is 0.191 e. The lowest BCUT2D eigenvalue weighted by Gasteiger charge is -2.18. The smallest absolute Gasteiger partial charge is 0.191 e. The fraction of sp³-hybridized carbons (Fsp3) is 0.650. The van der Waals surface area contributed by atoms with Crippen LogP contribution >= 0.6 is 35.6 Å². The standard InChI is InChI=1S/C20H32ClN3O2.HI/c1-4-22-19(23-11-18(25)13-26-12-15(2)3)24-14-20(8-9-20)16-6-5-7-17(21)10-16;/h5-7,10,15,18,25H,4,8-9,11-14H2,1-3H3,(H2,22,23,24);1H. The van der Waals surface area contributed by atoms with Crippen molar-refractivity contribution in [3.8, 4) is 0 Å². The maximum atomic E-state index is 10.0. The third-order valence-electron chi connectivity index (χ3n) is 4.44. The molecule has 1 fully saturated rings.